The number of aromatic nitrogens is 3. The van der Waals surface area contributed by atoms with Crippen molar-refractivity contribution in [3.8, 4) is 22.6 Å². The zero-order chi connectivity index (χ0) is 14.1. The van der Waals surface area contributed by atoms with Crippen LogP contribution in [0.15, 0.2) is 47.5 Å². The molecule has 4 nitrogen and oxygen atoms in total. The van der Waals surface area contributed by atoms with Crippen LogP contribution in [0.2, 0.25) is 10.0 Å². The summed E-state index contributed by atoms with van der Waals surface area (Å²) in [5, 5.41) is 1.03. The van der Waals surface area contributed by atoms with Gasteiger partial charge in [-0.2, -0.15) is 0 Å². The monoisotopic (exact) mass is 305 g/mol. The minimum atomic E-state index is -0.233. The van der Waals surface area contributed by atoms with Crippen molar-refractivity contribution in [2.45, 2.75) is 0 Å². The van der Waals surface area contributed by atoms with E-state index in [-0.39, 0.29) is 5.56 Å². The highest BCUT2D eigenvalue weighted by molar-refractivity contribution is 6.36. The first-order chi connectivity index (χ1) is 9.65. The molecule has 3 aromatic rings. The summed E-state index contributed by atoms with van der Waals surface area (Å²) in [6, 6.07) is 8.62. The maximum Gasteiger partial charge on any atom is 0.259 e. The van der Waals surface area contributed by atoms with E-state index in [9.17, 15) is 4.79 Å². The number of pyridine rings is 1. The first kappa shape index (κ1) is 13.0. The van der Waals surface area contributed by atoms with Gasteiger partial charge in [-0.3, -0.25) is 4.79 Å². The molecule has 0 aliphatic carbocycles. The maximum atomic E-state index is 12.1. The molecule has 2 N–H and O–H groups in total. The van der Waals surface area contributed by atoms with Gasteiger partial charge in [-0.15, -0.1) is 0 Å². The van der Waals surface area contributed by atoms with Gasteiger partial charge in [0.2, 0.25) is 0 Å². The molecule has 6 heteroatoms. The van der Waals surface area contributed by atoms with Crippen LogP contribution in [0.4, 0.5) is 0 Å². The van der Waals surface area contributed by atoms with E-state index in [1.807, 2.05) is 0 Å². The molecular weight excluding hydrogens is 297 g/mol. The second kappa shape index (κ2) is 5.15. The first-order valence-electron chi connectivity index (χ1n) is 5.83. The molecule has 0 amide bonds. The first-order valence-corrected chi connectivity index (χ1v) is 6.59. The number of halogens is 2. The van der Waals surface area contributed by atoms with Crippen molar-refractivity contribution in [3.63, 3.8) is 0 Å². The highest BCUT2D eigenvalue weighted by Crippen LogP contribution is 2.28. The van der Waals surface area contributed by atoms with E-state index >= 15 is 0 Å². The number of benzene rings is 1. The number of aromatic amines is 2. The van der Waals surface area contributed by atoms with Crippen LogP contribution in [0.5, 0.6) is 0 Å². The van der Waals surface area contributed by atoms with Crippen molar-refractivity contribution in [3.05, 3.63) is 63.1 Å². The van der Waals surface area contributed by atoms with Crippen molar-refractivity contribution in [1.82, 2.24) is 15.0 Å². The molecular formula is C14H9Cl2N3O. The highest BCUT2D eigenvalue weighted by atomic mass is 35.5. The summed E-state index contributed by atoms with van der Waals surface area (Å²) in [5.41, 5.74) is 1.60. The zero-order valence-corrected chi connectivity index (χ0v) is 11.7. The number of rotatable bonds is 2. The van der Waals surface area contributed by atoms with Crippen LogP contribution in [-0.4, -0.2) is 15.0 Å². The van der Waals surface area contributed by atoms with Gasteiger partial charge < -0.3 is 9.97 Å². The fourth-order valence-electron chi connectivity index (χ4n) is 1.94. The lowest BCUT2D eigenvalue weighted by atomic mass is 10.1. The van der Waals surface area contributed by atoms with Crippen molar-refractivity contribution >= 4 is 23.2 Å². The highest BCUT2D eigenvalue weighted by Gasteiger charge is 2.09. The smallest absolute Gasteiger partial charge is 0.259 e. The van der Waals surface area contributed by atoms with Crippen molar-refractivity contribution < 1.29 is 0 Å². The number of hydrogen-bond acceptors (Lipinski definition) is 2. The van der Waals surface area contributed by atoms with Crippen molar-refractivity contribution in [2.24, 2.45) is 0 Å². The average Bonchev–Trinajstić information content (AvgIpc) is 2.92. The second-order valence-corrected chi connectivity index (χ2v) is 5.02. The Morgan fingerprint density at radius 3 is 2.50 bits per heavy atom. The summed E-state index contributed by atoms with van der Waals surface area (Å²) in [5.74, 6) is 0.528. The van der Waals surface area contributed by atoms with Crippen LogP contribution in [0, 0.1) is 0 Å². The van der Waals surface area contributed by atoms with Crippen molar-refractivity contribution in [1.29, 1.82) is 0 Å². The molecule has 0 bridgehead atoms. The molecule has 2 heterocycles. The van der Waals surface area contributed by atoms with E-state index in [0.29, 0.717) is 27.1 Å². The van der Waals surface area contributed by atoms with Gasteiger partial charge in [-0.05, 0) is 30.3 Å². The van der Waals surface area contributed by atoms with E-state index < -0.39 is 0 Å². The van der Waals surface area contributed by atoms with Crippen LogP contribution in [0.3, 0.4) is 0 Å². The third-order valence-electron chi connectivity index (χ3n) is 2.88. The van der Waals surface area contributed by atoms with Gasteiger partial charge in [-0.25, -0.2) is 4.98 Å². The molecule has 1 aromatic carbocycles. The summed E-state index contributed by atoms with van der Waals surface area (Å²) in [6.45, 7) is 0. The Morgan fingerprint density at radius 2 is 1.85 bits per heavy atom. The number of imidazole rings is 1. The molecule has 0 aliphatic heterocycles. The maximum absolute atomic E-state index is 12.1. The molecule has 0 saturated carbocycles. The summed E-state index contributed by atoms with van der Waals surface area (Å²) in [4.78, 5) is 21.9. The van der Waals surface area contributed by atoms with E-state index in [2.05, 4.69) is 15.0 Å². The number of hydrogen-bond donors (Lipinski definition) is 2. The second-order valence-electron chi connectivity index (χ2n) is 4.18. The van der Waals surface area contributed by atoms with Gasteiger partial charge >= 0.3 is 0 Å². The summed E-state index contributed by atoms with van der Waals surface area (Å²) < 4.78 is 0. The van der Waals surface area contributed by atoms with Gasteiger partial charge in [0.25, 0.3) is 5.56 Å². The van der Waals surface area contributed by atoms with E-state index in [1.54, 1.807) is 42.7 Å². The Kier molecular flexibility index (Phi) is 3.34. The fourth-order valence-corrected chi connectivity index (χ4v) is 2.45. The van der Waals surface area contributed by atoms with E-state index in [0.717, 1.165) is 5.56 Å². The quantitative estimate of drug-likeness (QED) is 0.757. The van der Waals surface area contributed by atoms with E-state index in [4.69, 9.17) is 23.2 Å². The molecule has 100 valence electrons. The third kappa shape index (κ3) is 2.35. The SMILES string of the molecule is O=c1[nH]c(-c2ccc(Cl)cc2Cl)ccc1-c1ncc[nH]1. The predicted molar refractivity (Wildman–Crippen MR) is 80.1 cm³/mol. The van der Waals surface area contributed by atoms with Gasteiger partial charge in [-0.1, -0.05) is 23.2 Å². The average molecular weight is 306 g/mol. The van der Waals surface area contributed by atoms with Crippen LogP contribution in [0.1, 0.15) is 0 Å². The number of H-pyrrole nitrogens is 2. The van der Waals surface area contributed by atoms with Crippen LogP contribution >= 0.6 is 23.2 Å². The summed E-state index contributed by atoms with van der Waals surface area (Å²) in [7, 11) is 0. The Morgan fingerprint density at radius 1 is 1.05 bits per heavy atom. The standard InChI is InChI=1S/C14H9Cl2N3O/c15-8-1-2-9(11(16)7-8)12-4-3-10(14(20)19-12)13-17-5-6-18-13/h1-7H,(H,17,18)(H,19,20). The minimum Gasteiger partial charge on any atom is -0.344 e. The molecule has 3 rings (SSSR count). The van der Waals surface area contributed by atoms with Crippen LogP contribution in [0.25, 0.3) is 22.6 Å². The topological polar surface area (TPSA) is 61.5 Å². The Hall–Kier alpha value is -2.04. The normalized spacial score (nSPS) is 10.7. The lowest BCUT2D eigenvalue weighted by Crippen LogP contribution is -2.10. The molecule has 0 aliphatic rings. The zero-order valence-electron chi connectivity index (χ0n) is 10.2. The van der Waals surface area contributed by atoms with E-state index in [1.165, 1.54) is 0 Å². The Bertz CT molecular complexity index is 810. The Balaban J connectivity index is 2.09. The number of nitrogens with one attached hydrogen (secondary N) is 2. The molecule has 20 heavy (non-hydrogen) atoms. The van der Waals surface area contributed by atoms with Gasteiger partial charge in [0, 0.05) is 28.7 Å². The molecule has 0 unspecified atom stereocenters. The molecule has 2 aromatic heterocycles. The summed E-state index contributed by atoms with van der Waals surface area (Å²) in [6.07, 6.45) is 3.26. The van der Waals surface area contributed by atoms with Crippen molar-refractivity contribution in [2.75, 3.05) is 0 Å². The van der Waals surface area contributed by atoms with Gasteiger partial charge in [0.15, 0.2) is 0 Å². The van der Waals surface area contributed by atoms with Gasteiger partial charge in [0.05, 0.1) is 10.6 Å². The molecule has 0 fully saturated rings. The Labute approximate surface area is 124 Å². The van der Waals surface area contributed by atoms with Crippen LogP contribution in [-0.2, 0) is 0 Å². The van der Waals surface area contributed by atoms with Gasteiger partial charge in [0.1, 0.15) is 5.82 Å². The fraction of sp³-hybridized carbons (Fsp3) is 0. The van der Waals surface area contributed by atoms with Crippen LogP contribution < -0.4 is 5.56 Å². The molecule has 0 saturated heterocycles. The largest absolute Gasteiger partial charge is 0.344 e. The molecule has 0 atom stereocenters. The lowest BCUT2D eigenvalue weighted by molar-refractivity contribution is 1.20. The predicted octanol–water partition coefficient (Wildman–Crippen LogP) is 3.74. The summed E-state index contributed by atoms with van der Waals surface area (Å²) >= 11 is 12.0. The molecule has 0 spiro atoms. The minimum absolute atomic E-state index is 0.233. The lowest BCUT2D eigenvalue weighted by Gasteiger charge is -2.05. The molecule has 0 radical (unpaired) electrons. The third-order valence-corrected chi connectivity index (χ3v) is 3.43. The number of nitrogens with zero attached hydrogens (tertiary/aromatic N) is 1.